The molecule has 0 aliphatic carbocycles. The van der Waals surface area contributed by atoms with Gasteiger partial charge >= 0.3 is 0 Å². The Morgan fingerprint density at radius 1 is 1.22 bits per heavy atom. The van der Waals surface area contributed by atoms with Crippen LogP contribution in [-0.4, -0.2) is 11.8 Å². The van der Waals surface area contributed by atoms with E-state index in [9.17, 15) is 9.59 Å². The fraction of sp³-hybridized carbons (Fsp3) is 0.0769. The van der Waals surface area contributed by atoms with E-state index in [1.807, 2.05) is 13.0 Å². The topological polar surface area (TPSA) is 72.2 Å². The summed E-state index contributed by atoms with van der Waals surface area (Å²) in [5.41, 5.74) is 6.15. The van der Waals surface area contributed by atoms with Gasteiger partial charge in [-0.25, -0.2) is 0 Å². The number of nitrogens with two attached hydrogens (primary N) is 1. The van der Waals surface area contributed by atoms with Crippen LogP contribution in [0.2, 0.25) is 0 Å². The molecule has 4 nitrogen and oxygen atoms in total. The van der Waals surface area contributed by atoms with Gasteiger partial charge in [-0.3, -0.25) is 9.59 Å². The summed E-state index contributed by atoms with van der Waals surface area (Å²) in [7, 11) is 0. The summed E-state index contributed by atoms with van der Waals surface area (Å²) in [5.74, 6) is -0.789. The van der Waals surface area contributed by atoms with Gasteiger partial charge in [0.15, 0.2) is 0 Å². The van der Waals surface area contributed by atoms with Crippen molar-refractivity contribution in [1.29, 1.82) is 0 Å². The first-order valence-corrected chi connectivity index (χ1v) is 6.16. The van der Waals surface area contributed by atoms with E-state index >= 15 is 0 Å². The number of hydrogen-bond donors (Lipinski definition) is 2. The van der Waals surface area contributed by atoms with Crippen molar-refractivity contribution < 1.29 is 9.59 Å². The second kappa shape index (κ2) is 5.01. The predicted octanol–water partition coefficient (Wildman–Crippen LogP) is 2.41. The average Bonchev–Trinajstić information content (AvgIpc) is 2.71. The number of amides is 2. The van der Waals surface area contributed by atoms with Crippen LogP contribution < -0.4 is 11.1 Å². The van der Waals surface area contributed by atoms with Crippen LogP contribution in [0, 0.1) is 6.92 Å². The molecule has 2 aromatic rings. The normalized spacial score (nSPS) is 10.1. The van der Waals surface area contributed by atoms with Crippen molar-refractivity contribution in [3.8, 4) is 0 Å². The maximum atomic E-state index is 11.9. The van der Waals surface area contributed by atoms with E-state index in [4.69, 9.17) is 5.73 Å². The largest absolute Gasteiger partial charge is 0.366 e. The summed E-state index contributed by atoms with van der Waals surface area (Å²) in [6.45, 7) is 1.86. The van der Waals surface area contributed by atoms with Crippen LogP contribution in [0.4, 0.5) is 5.00 Å². The molecule has 0 aliphatic heterocycles. The molecule has 2 amide bonds. The van der Waals surface area contributed by atoms with Gasteiger partial charge < -0.3 is 11.1 Å². The zero-order chi connectivity index (χ0) is 13.1. The molecular formula is C13H12N2O2S. The fourth-order valence-corrected chi connectivity index (χ4v) is 2.47. The maximum absolute atomic E-state index is 11.9. The third-order valence-corrected chi connectivity index (χ3v) is 3.35. The lowest BCUT2D eigenvalue weighted by atomic mass is 10.2. The molecule has 0 fully saturated rings. The first-order chi connectivity index (χ1) is 8.58. The van der Waals surface area contributed by atoms with E-state index in [0.717, 1.165) is 4.88 Å². The number of anilines is 1. The molecule has 1 aromatic heterocycles. The highest BCUT2D eigenvalue weighted by Crippen LogP contribution is 2.27. The third-order valence-electron chi connectivity index (χ3n) is 2.38. The summed E-state index contributed by atoms with van der Waals surface area (Å²) < 4.78 is 0. The number of rotatable bonds is 3. The Balaban J connectivity index is 2.25. The van der Waals surface area contributed by atoms with Crippen molar-refractivity contribution in [3.63, 3.8) is 0 Å². The zero-order valence-electron chi connectivity index (χ0n) is 9.77. The number of carbonyl (C=O) groups is 2. The van der Waals surface area contributed by atoms with E-state index in [2.05, 4.69) is 5.32 Å². The molecule has 0 unspecified atom stereocenters. The van der Waals surface area contributed by atoms with Crippen LogP contribution >= 0.6 is 11.3 Å². The van der Waals surface area contributed by atoms with E-state index in [1.165, 1.54) is 11.3 Å². The Morgan fingerprint density at radius 2 is 1.89 bits per heavy atom. The van der Waals surface area contributed by atoms with Gasteiger partial charge in [-0.15, -0.1) is 11.3 Å². The van der Waals surface area contributed by atoms with Crippen LogP contribution in [0.3, 0.4) is 0 Å². The molecule has 0 aliphatic rings. The molecular weight excluding hydrogens is 248 g/mol. The summed E-state index contributed by atoms with van der Waals surface area (Å²) in [6, 6.07) is 10.5. The van der Waals surface area contributed by atoms with Gasteiger partial charge in [-0.05, 0) is 25.1 Å². The molecule has 1 aromatic carbocycles. The van der Waals surface area contributed by atoms with Gasteiger partial charge in [0.1, 0.15) is 5.00 Å². The predicted molar refractivity (Wildman–Crippen MR) is 72.0 cm³/mol. The minimum absolute atomic E-state index is 0.250. The van der Waals surface area contributed by atoms with Gasteiger partial charge in [0.2, 0.25) is 0 Å². The Bertz CT molecular complexity index is 590. The highest BCUT2D eigenvalue weighted by atomic mass is 32.1. The molecule has 5 heteroatoms. The molecule has 1 heterocycles. The van der Waals surface area contributed by atoms with Crippen molar-refractivity contribution in [2.24, 2.45) is 5.73 Å². The monoisotopic (exact) mass is 260 g/mol. The Labute approximate surface area is 108 Å². The molecule has 0 atom stereocenters. The fourth-order valence-electron chi connectivity index (χ4n) is 1.55. The van der Waals surface area contributed by atoms with Gasteiger partial charge in [0.05, 0.1) is 5.56 Å². The van der Waals surface area contributed by atoms with Crippen molar-refractivity contribution in [1.82, 2.24) is 0 Å². The molecule has 18 heavy (non-hydrogen) atoms. The Morgan fingerprint density at radius 3 is 2.50 bits per heavy atom. The molecule has 0 saturated heterocycles. The number of aryl methyl sites for hydroxylation is 1. The summed E-state index contributed by atoms with van der Waals surface area (Å²) in [6.07, 6.45) is 0. The van der Waals surface area contributed by atoms with Crippen LogP contribution in [0.15, 0.2) is 36.4 Å². The van der Waals surface area contributed by atoms with Gasteiger partial charge in [0, 0.05) is 10.4 Å². The first-order valence-electron chi connectivity index (χ1n) is 5.34. The number of benzene rings is 1. The van der Waals surface area contributed by atoms with Gasteiger partial charge in [0.25, 0.3) is 11.8 Å². The minimum atomic E-state index is -0.539. The molecule has 2 rings (SSSR count). The first kappa shape index (κ1) is 12.3. The van der Waals surface area contributed by atoms with Crippen molar-refractivity contribution in [2.45, 2.75) is 6.92 Å². The minimum Gasteiger partial charge on any atom is -0.366 e. The third kappa shape index (κ3) is 2.57. The number of nitrogens with one attached hydrogen (secondary N) is 1. The summed E-state index contributed by atoms with van der Waals surface area (Å²) in [5, 5.41) is 3.20. The average molecular weight is 260 g/mol. The summed E-state index contributed by atoms with van der Waals surface area (Å²) in [4.78, 5) is 24.1. The van der Waals surface area contributed by atoms with Crippen molar-refractivity contribution in [3.05, 3.63) is 52.4 Å². The van der Waals surface area contributed by atoms with Crippen LogP contribution in [0.1, 0.15) is 25.6 Å². The smallest absolute Gasteiger partial charge is 0.256 e. The van der Waals surface area contributed by atoms with Gasteiger partial charge in [-0.2, -0.15) is 0 Å². The number of primary amides is 1. The van der Waals surface area contributed by atoms with Crippen LogP contribution in [0.5, 0.6) is 0 Å². The number of thiophene rings is 1. The Hall–Kier alpha value is -2.14. The van der Waals surface area contributed by atoms with E-state index < -0.39 is 5.91 Å². The molecule has 0 spiro atoms. The highest BCUT2D eigenvalue weighted by molar-refractivity contribution is 7.16. The lowest BCUT2D eigenvalue weighted by Crippen LogP contribution is -2.16. The Kier molecular flexibility index (Phi) is 3.43. The molecule has 0 bridgehead atoms. The quantitative estimate of drug-likeness (QED) is 0.889. The lowest BCUT2D eigenvalue weighted by Gasteiger charge is -2.04. The van der Waals surface area contributed by atoms with E-state index in [1.54, 1.807) is 30.3 Å². The standard InChI is InChI=1S/C13H12N2O2S/c1-8-7-10(11(14)16)13(18-8)15-12(17)9-5-3-2-4-6-9/h2-7H,1H3,(H2,14,16)(H,15,17). The molecule has 3 N–H and O–H groups in total. The SMILES string of the molecule is Cc1cc(C(N)=O)c(NC(=O)c2ccccc2)s1. The second-order valence-electron chi connectivity index (χ2n) is 3.78. The van der Waals surface area contributed by atoms with Crippen molar-refractivity contribution in [2.75, 3.05) is 5.32 Å². The number of hydrogen-bond acceptors (Lipinski definition) is 3. The molecule has 92 valence electrons. The second-order valence-corrected chi connectivity index (χ2v) is 5.04. The van der Waals surface area contributed by atoms with Gasteiger partial charge in [-0.1, -0.05) is 18.2 Å². The highest BCUT2D eigenvalue weighted by Gasteiger charge is 2.15. The lowest BCUT2D eigenvalue weighted by molar-refractivity contribution is 0.100. The van der Waals surface area contributed by atoms with Crippen molar-refractivity contribution >= 4 is 28.2 Å². The van der Waals surface area contributed by atoms with E-state index in [0.29, 0.717) is 16.1 Å². The number of carbonyl (C=O) groups excluding carboxylic acids is 2. The summed E-state index contributed by atoms with van der Waals surface area (Å²) >= 11 is 1.33. The zero-order valence-corrected chi connectivity index (χ0v) is 10.6. The van der Waals surface area contributed by atoms with Crippen LogP contribution in [-0.2, 0) is 0 Å². The van der Waals surface area contributed by atoms with E-state index in [-0.39, 0.29) is 5.91 Å². The maximum Gasteiger partial charge on any atom is 0.256 e. The molecule has 0 saturated carbocycles. The molecule has 0 radical (unpaired) electrons. The van der Waals surface area contributed by atoms with Crippen LogP contribution in [0.25, 0.3) is 0 Å².